The van der Waals surface area contributed by atoms with E-state index in [9.17, 15) is 27.4 Å². The highest BCUT2D eigenvalue weighted by Crippen LogP contribution is 2.57. The topological polar surface area (TPSA) is 821 Å². The second-order valence-electron chi connectivity index (χ2n) is 6.36. The van der Waals surface area contributed by atoms with Gasteiger partial charge < -0.3 is 133 Å². The first kappa shape index (κ1) is 81.9. The van der Waals surface area contributed by atoms with Crippen LogP contribution in [0.3, 0.4) is 0 Å². The summed E-state index contributed by atoms with van der Waals surface area (Å²) >= 11 is 0. The van der Waals surface area contributed by atoms with Crippen molar-refractivity contribution in [1.29, 1.82) is 0 Å². The predicted octanol–water partition coefficient (Wildman–Crippen LogP) is -1.19. The molecule has 0 atom stereocenters. The molecule has 312 valence electrons. The Kier molecular flexibility index (Phi) is 47.4. The molecule has 0 aliphatic heterocycles. The first-order valence-electron chi connectivity index (χ1n) is 8.01. The lowest BCUT2D eigenvalue weighted by atomic mass is 9.85. The Balaban J connectivity index is -0.000000108. The van der Waals surface area contributed by atoms with Crippen LogP contribution in [-0.4, -0.2) is 95.3 Å². The molecule has 0 saturated heterocycles. The second kappa shape index (κ2) is 27.8. The molecule has 1 rings (SSSR count). The van der Waals surface area contributed by atoms with Gasteiger partial charge in [0.05, 0.1) is 0 Å². The van der Waals surface area contributed by atoms with E-state index in [1.165, 1.54) is 0 Å². The highest BCUT2D eigenvalue weighted by Gasteiger charge is 2.62. The standard InChI is InChI=1S/C6H18O24P6.12H3N/c7-31(8,9)25-1-2(26-32(10,11)12)4(28-34(16,17)18)6(30-36(22,23)24)5(29-35(19,20)21)3(1)27-33(13,14)15;;;;;;;;;;;;/h1-6H,(H2,7,8,9)(H2,10,11,12)(H2,13,14,15)(H2,16,17,18)(H2,19,20,21)(H2,22,23,24);12*1H3/t1-,2-,3-,4+,5-,6-;;;;;;;;;;;;. The van der Waals surface area contributed by atoms with Gasteiger partial charge in [0.15, 0.2) is 0 Å². The van der Waals surface area contributed by atoms with Gasteiger partial charge in [-0.15, -0.1) is 0 Å². The lowest BCUT2D eigenvalue weighted by molar-refractivity contribution is -0.202. The molecule has 48 N–H and O–H groups in total. The van der Waals surface area contributed by atoms with E-state index in [2.05, 4.69) is 27.1 Å². The van der Waals surface area contributed by atoms with Crippen LogP contribution < -0.4 is 73.8 Å². The zero-order valence-electron chi connectivity index (χ0n) is 24.9. The smallest absolute Gasteiger partial charge is 0.344 e. The summed E-state index contributed by atoms with van der Waals surface area (Å²) in [6.45, 7) is 0. The van der Waals surface area contributed by atoms with Gasteiger partial charge in [0.1, 0.15) is 36.6 Å². The summed E-state index contributed by atoms with van der Waals surface area (Å²) < 4.78 is 93.1. The maximum absolute atomic E-state index is 11.4. The van der Waals surface area contributed by atoms with Gasteiger partial charge in [0.25, 0.3) is 0 Å². The Morgan fingerprint density at radius 2 is 0.292 bits per heavy atom. The van der Waals surface area contributed by atoms with Crippen LogP contribution >= 0.6 is 46.9 Å². The van der Waals surface area contributed by atoms with Crippen LogP contribution in [0.2, 0.25) is 0 Å². The molecule has 0 aromatic rings. The largest absolute Gasteiger partial charge is 0.470 e. The number of hydrogen-bond acceptors (Lipinski definition) is 24. The van der Waals surface area contributed by atoms with Crippen LogP contribution in [0.1, 0.15) is 0 Å². The number of hydrogen-bond donors (Lipinski definition) is 24. The molecular formula is C6H54N12O24P6. The van der Waals surface area contributed by atoms with Crippen molar-refractivity contribution in [2.75, 3.05) is 0 Å². The summed E-state index contributed by atoms with van der Waals surface area (Å²) in [4.78, 5) is 110. The Bertz CT molecular complexity index is 857. The van der Waals surface area contributed by atoms with E-state index < -0.39 is 83.6 Å². The molecule has 42 heteroatoms. The molecule has 1 fully saturated rings. The highest BCUT2D eigenvalue weighted by atomic mass is 31.2. The third-order valence-corrected chi connectivity index (χ3v) is 6.61. The minimum Gasteiger partial charge on any atom is -0.344 e. The highest BCUT2D eigenvalue weighted by molar-refractivity contribution is 7.47. The molecule has 1 aliphatic rings. The van der Waals surface area contributed by atoms with Crippen molar-refractivity contribution in [2.45, 2.75) is 36.6 Å². The zero-order chi connectivity index (χ0) is 28.7. The Morgan fingerprint density at radius 1 is 0.229 bits per heavy atom. The molecule has 0 radical (unpaired) electrons. The summed E-state index contributed by atoms with van der Waals surface area (Å²) in [6.07, 6.45) is -18.9. The van der Waals surface area contributed by atoms with Gasteiger partial charge in [-0.1, -0.05) is 0 Å². The van der Waals surface area contributed by atoms with Gasteiger partial charge in [0.2, 0.25) is 0 Å². The van der Waals surface area contributed by atoms with Crippen LogP contribution in [0.25, 0.3) is 0 Å². The molecule has 0 bridgehead atoms. The summed E-state index contributed by atoms with van der Waals surface area (Å²) in [7, 11) is -36.1. The van der Waals surface area contributed by atoms with Gasteiger partial charge in [-0.3, -0.25) is 27.1 Å². The summed E-state index contributed by atoms with van der Waals surface area (Å²) in [5, 5.41) is 0. The summed E-state index contributed by atoms with van der Waals surface area (Å²) in [5.41, 5.74) is 0. The molecular weight excluding hydrogens is 810 g/mol. The van der Waals surface area contributed by atoms with Crippen molar-refractivity contribution in [3.8, 4) is 0 Å². The minimum absolute atomic E-state index is 0. The van der Waals surface area contributed by atoms with E-state index in [4.69, 9.17) is 58.7 Å². The average Bonchev–Trinajstić information content (AvgIpc) is 2.51. The van der Waals surface area contributed by atoms with Crippen molar-refractivity contribution < 1.29 is 113 Å². The minimum atomic E-state index is -6.02. The van der Waals surface area contributed by atoms with Crippen LogP contribution in [0.15, 0.2) is 0 Å². The van der Waals surface area contributed by atoms with Crippen LogP contribution in [0.4, 0.5) is 0 Å². The molecule has 0 aromatic carbocycles. The SMILES string of the molecule is N.N.N.N.N.N.N.N.N.N.N.N.O=P(O)(O)O[C@H]1[C@H](OP(=O)(O)O)[C@@H](OP(=O)(O)O)[C@H](OP(=O)(O)O)[C@@H](OP(=O)(O)O)[C@H]1OP(=O)(O)O. The molecule has 0 spiro atoms. The summed E-state index contributed by atoms with van der Waals surface area (Å²) in [6, 6.07) is 0. The monoisotopic (exact) mass is 864 g/mol. The fourth-order valence-corrected chi connectivity index (χ4v) is 6.14. The van der Waals surface area contributed by atoms with E-state index in [1.54, 1.807) is 0 Å². The number of phosphoric acid groups is 6. The quantitative estimate of drug-likeness (QED) is 0.103. The fraction of sp³-hybridized carbons (Fsp3) is 1.00. The van der Waals surface area contributed by atoms with Crippen molar-refractivity contribution in [3.05, 3.63) is 0 Å². The lowest BCUT2D eigenvalue weighted by Crippen LogP contribution is -2.66. The van der Waals surface area contributed by atoms with E-state index in [-0.39, 0.29) is 73.8 Å². The van der Waals surface area contributed by atoms with E-state index >= 15 is 0 Å². The van der Waals surface area contributed by atoms with E-state index in [1.807, 2.05) is 0 Å². The zero-order valence-corrected chi connectivity index (χ0v) is 30.3. The van der Waals surface area contributed by atoms with Gasteiger partial charge >= 0.3 is 46.9 Å². The third-order valence-electron chi connectivity index (χ3n) is 3.50. The average molecular weight is 864 g/mol. The van der Waals surface area contributed by atoms with Crippen LogP contribution in [0, 0.1) is 0 Å². The molecule has 0 amide bonds. The second-order valence-corrected chi connectivity index (χ2v) is 13.5. The van der Waals surface area contributed by atoms with E-state index in [0.29, 0.717) is 0 Å². The Morgan fingerprint density at radius 3 is 0.333 bits per heavy atom. The van der Waals surface area contributed by atoms with Crippen molar-refractivity contribution in [2.24, 2.45) is 0 Å². The Labute approximate surface area is 271 Å². The third kappa shape index (κ3) is 32.1. The van der Waals surface area contributed by atoms with Crippen LogP contribution in [0.5, 0.6) is 0 Å². The van der Waals surface area contributed by atoms with E-state index in [0.717, 1.165) is 0 Å². The number of rotatable bonds is 12. The molecule has 0 unspecified atom stereocenters. The fourth-order valence-electron chi connectivity index (χ4n) is 2.79. The molecule has 48 heavy (non-hydrogen) atoms. The van der Waals surface area contributed by atoms with Crippen molar-refractivity contribution in [1.82, 2.24) is 73.8 Å². The van der Waals surface area contributed by atoms with Gasteiger partial charge in [-0.2, -0.15) is 0 Å². The summed E-state index contributed by atoms with van der Waals surface area (Å²) in [5.74, 6) is 0. The predicted molar refractivity (Wildman–Crippen MR) is 162 cm³/mol. The molecule has 1 saturated carbocycles. The normalized spacial score (nSPS) is 22.0. The van der Waals surface area contributed by atoms with Crippen molar-refractivity contribution >= 4 is 46.9 Å². The van der Waals surface area contributed by atoms with Crippen LogP contribution in [-0.2, 0) is 54.5 Å². The molecule has 0 heterocycles. The lowest BCUT2D eigenvalue weighted by Gasteiger charge is -2.48. The number of phosphoric ester groups is 6. The maximum Gasteiger partial charge on any atom is 0.470 e. The first-order chi connectivity index (χ1) is 15.6. The van der Waals surface area contributed by atoms with Gasteiger partial charge in [-0.05, 0) is 0 Å². The Hall–Kier alpha value is 0.180. The van der Waals surface area contributed by atoms with Gasteiger partial charge in [0, 0.05) is 0 Å². The molecule has 0 aromatic heterocycles. The van der Waals surface area contributed by atoms with Crippen molar-refractivity contribution in [3.63, 3.8) is 0 Å². The molecule has 1 aliphatic carbocycles. The molecule has 36 nitrogen and oxygen atoms in total. The maximum atomic E-state index is 11.4. The van der Waals surface area contributed by atoms with Gasteiger partial charge in [-0.25, -0.2) is 27.4 Å². The first-order valence-corrected chi connectivity index (χ1v) is 17.2.